The third-order valence-corrected chi connectivity index (χ3v) is 5.22. The van der Waals surface area contributed by atoms with E-state index in [0.717, 1.165) is 16.7 Å². The molecule has 1 aromatic heterocycles. The van der Waals surface area contributed by atoms with Crippen molar-refractivity contribution < 1.29 is 8.42 Å². The Kier molecular flexibility index (Phi) is 5.04. The zero-order chi connectivity index (χ0) is 18.6. The second-order valence-electron chi connectivity index (χ2n) is 5.56. The lowest BCUT2D eigenvalue weighted by Crippen LogP contribution is -2.14. The van der Waals surface area contributed by atoms with Crippen LogP contribution in [0.4, 0.5) is 5.69 Å². The molecule has 2 aromatic carbocycles. The van der Waals surface area contributed by atoms with Crippen molar-refractivity contribution in [3.8, 4) is 5.69 Å². The number of rotatable bonds is 6. The summed E-state index contributed by atoms with van der Waals surface area (Å²) in [6.45, 7) is 5.40. The van der Waals surface area contributed by atoms with Crippen LogP contribution >= 0.6 is 0 Å². The summed E-state index contributed by atoms with van der Waals surface area (Å²) in [5.41, 5.74) is 3.11. The molecular formula is C20H19N3O2S. The van der Waals surface area contributed by atoms with Crippen LogP contribution in [0.1, 0.15) is 6.92 Å². The van der Waals surface area contributed by atoms with Crippen LogP contribution in [-0.4, -0.2) is 18.0 Å². The first kappa shape index (κ1) is 17.7. The van der Waals surface area contributed by atoms with E-state index < -0.39 is 10.0 Å². The standard InChI is InChI=1S/C20H19N3O2S/c1-3-5-11-18(4-2)26(24,25)22-16-9-8-10-17(14-16)23-15-21-19-12-6-7-13-20(19)23/h3-15,22H,2H2,1H3/b5-3-,18-11+. The molecule has 0 fully saturated rings. The van der Waals surface area contributed by atoms with Gasteiger partial charge in [0.2, 0.25) is 0 Å². The van der Waals surface area contributed by atoms with Crippen molar-refractivity contribution in [2.45, 2.75) is 6.92 Å². The quantitative estimate of drug-likeness (QED) is 0.658. The lowest BCUT2D eigenvalue weighted by atomic mass is 10.2. The minimum Gasteiger partial charge on any atom is -0.299 e. The van der Waals surface area contributed by atoms with Gasteiger partial charge in [0.1, 0.15) is 6.33 Å². The fraction of sp³-hybridized carbons (Fsp3) is 0.0500. The summed E-state index contributed by atoms with van der Waals surface area (Å²) in [6.07, 6.45) is 7.95. The van der Waals surface area contributed by atoms with E-state index in [1.165, 1.54) is 12.2 Å². The molecule has 1 heterocycles. The molecule has 0 aliphatic heterocycles. The number of nitrogens with one attached hydrogen (secondary N) is 1. The van der Waals surface area contributed by atoms with E-state index >= 15 is 0 Å². The van der Waals surface area contributed by atoms with Crippen LogP contribution < -0.4 is 4.72 Å². The number of sulfonamides is 1. The Hall–Kier alpha value is -3.12. The number of aromatic nitrogens is 2. The third kappa shape index (κ3) is 3.60. The predicted molar refractivity (Wildman–Crippen MR) is 107 cm³/mol. The van der Waals surface area contributed by atoms with Gasteiger partial charge in [0.05, 0.1) is 21.6 Å². The number of anilines is 1. The molecule has 0 bridgehead atoms. The molecule has 6 heteroatoms. The highest BCUT2D eigenvalue weighted by Crippen LogP contribution is 2.22. The highest BCUT2D eigenvalue weighted by atomic mass is 32.2. The summed E-state index contributed by atoms with van der Waals surface area (Å²) in [7, 11) is -3.71. The first-order chi connectivity index (χ1) is 12.5. The monoisotopic (exact) mass is 365 g/mol. The van der Waals surface area contributed by atoms with E-state index in [9.17, 15) is 8.42 Å². The van der Waals surface area contributed by atoms with Gasteiger partial charge < -0.3 is 0 Å². The van der Waals surface area contributed by atoms with Crippen molar-refractivity contribution in [2.75, 3.05) is 4.72 Å². The molecule has 26 heavy (non-hydrogen) atoms. The summed E-state index contributed by atoms with van der Waals surface area (Å²) >= 11 is 0. The van der Waals surface area contributed by atoms with Crippen LogP contribution in [0.25, 0.3) is 16.7 Å². The predicted octanol–water partition coefficient (Wildman–Crippen LogP) is 4.41. The Balaban J connectivity index is 1.96. The minimum atomic E-state index is -3.71. The Morgan fingerprint density at radius 1 is 1.19 bits per heavy atom. The van der Waals surface area contributed by atoms with Crippen molar-refractivity contribution in [2.24, 2.45) is 0 Å². The van der Waals surface area contributed by atoms with E-state index in [1.807, 2.05) is 41.8 Å². The van der Waals surface area contributed by atoms with Crippen LogP contribution in [0.15, 0.2) is 90.6 Å². The molecule has 0 saturated heterocycles. The summed E-state index contributed by atoms with van der Waals surface area (Å²) in [4.78, 5) is 4.47. The maximum absolute atomic E-state index is 12.5. The summed E-state index contributed by atoms with van der Waals surface area (Å²) in [6, 6.07) is 14.9. The fourth-order valence-electron chi connectivity index (χ4n) is 2.56. The number of hydrogen-bond acceptors (Lipinski definition) is 3. The second kappa shape index (κ2) is 7.41. The van der Waals surface area contributed by atoms with Crippen LogP contribution in [0.5, 0.6) is 0 Å². The van der Waals surface area contributed by atoms with Gasteiger partial charge in [-0.05, 0) is 49.4 Å². The van der Waals surface area contributed by atoms with Gasteiger partial charge in [-0.25, -0.2) is 13.4 Å². The van der Waals surface area contributed by atoms with Gasteiger partial charge in [-0.3, -0.25) is 9.29 Å². The van der Waals surface area contributed by atoms with Crippen molar-refractivity contribution in [3.05, 3.63) is 90.6 Å². The molecule has 0 spiro atoms. The van der Waals surface area contributed by atoms with Crippen LogP contribution in [0.2, 0.25) is 0 Å². The molecule has 3 rings (SSSR count). The molecule has 0 aliphatic rings. The Morgan fingerprint density at radius 3 is 2.77 bits per heavy atom. The van der Waals surface area contributed by atoms with Crippen LogP contribution in [-0.2, 0) is 10.0 Å². The Morgan fingerprint density at radius 2 is 2.00 bits per heavy atom. The maximum Gasteiger partial charge on any atom is 0.261 e. The summed E-state index contributed by atoms with van der Waals surface area (Å²) < 4.78 is 29.6. The van der Waals surface area contributed by atoms with E-state index in [-0.39, 0.29) is 4.91 Å². The van der Waals surface area contributed by atoms with E-state index in [1.54, 1.807) is 36.7 Å². The molecular weight excluding hydrogens is 346 g/mol. The normalized spacial score (nSPS) is 12.6. The van der Waals surface area contributed by atoms with E-state index in [0.29, 0.717) is 5.69 Å². The molecule has 0 saturated carbocycles. The van der Waals surface area contributed by atoms with Crippen molar-refractivity contribution in [1.29, 1.82) is 0 Å². The average molecular weight is 365 g/mol. The van der Waals surface area contributed by atoms with Crippen LogP contribution in [0, 0.1) is 0 Å². The second-order valence-corrected chi connectivity index (χ2v) is 7.24. The molecule has 0 unspecified atom stereocenters. The molecule has 1 N–H and O–H groups in total. The average Bonchev–Trinajstić information content (AvgIpc) is 3.06. The molecule has 0 atom stereocenters. The molecule has 0 aliphatic carbocycles. The summed E-state index contributed by atoms with van der Waals surface area (Å²) in [5, 5.41) is 0. The number of fused-ring (bicyclic) bond motifs is 1. The smallest absolute Gasteiger partial charge is 0.261 e. The van der Waals surface area contributed by atoms with Gasteiger partial charge in [0.15, 0.2) is 0 Å². The van der Waals surface area contributed by atoms with Gasteiger partial charge in [-0.1, -0.05) is 36.9 Å². The third-order valence-electron chi connectivity index (χ3n) is 3.79. The van der Waals surface area contributed by atoms with Gasteiger partial charge in [-0.15, -0.1) is 0 Å². The Labute approximate surface area is 153 Å². The molecule has 5 nitrogen and oxygen atoms in total. The van der Waals surface area contributed by atoms with Gasteiger partial charge in [0, 0.05) is 5.69 Å². The van der Waals surface area contributed by atoms with Crippen LogP contribution in [0.3, 0.4) is 0 Å². The van der Waals surface area contributed by atoms with E-state index in [2.05, 4.69) is 16.3 Å². The molecule has 132 valence electrons. The lowest BCUT2D eigenvalue weighted by molar-refractivity contribution is 0.608. The van der Waals surface area contributed by atoms with Crippen molar-refractivity contribution in [1.82, 2.24) is 9.55 Å². The largest absolute Gasteiger partial charge is 0.299 e. The minimum absolute atomic E-state index is 0.106. The van der Waals surface area contributed by atoms with Gasteiger partial charge in [-0.2, -0.15) is 0 Å². The molecule has 0 radical (unpaired) electrons. The SMILES string of the molecule is C=C/C(=C\C=C/C)S(=O)(=O)Nc1cccc(-n2cnc3ccccc32)c1. The Bertz CT molecular complexity index is 1110. The van der Waals surface area contributed by atoms with Gasteiger partial charge in [0.25, 0.3) is 10.0 Å². The fourth-order valence-corrected chi connectivity index (χ4v) is 3.59. The van der Waals surface area contributed by atoms with Crippen molar-refractivity contribution in [3.63, 3.8) is 0 Å². The molecule has 3 aromatic rings. The summed E-state index contributed by atoms with van der Waals surface area (Å²) in [5.74, 6) is 0. The zero-order valence-corrected chi connectivity index (χ0v) is 15.1. The van der Waals surface area contributed by atoms with Crippen molar-refractivity contribution >= 4 is 26.7 Å². The molecule has 0 amide bonds. The number of benzene rings is 2. The number of allylic oxidation sites excluding steroid dienone is 4. The highest BCUT2D eigenvalue weighted by Gasteiger charge is 2.15. The number of para-hydroxylation sites is 2. The number of nitrogens with zero attached hydrogens (tertiary/aromatic N) is 2. The lowest BCUT2D eigenvalue weighted by Gasteiger charge is -2.11. The highest BCUT2D eigenvalue weighted by molar-refractivity contribution is 7.96. The first-order valence-corrected chi connectivity index (χ1v) is 9.54. The van der Waals surface area contributed by atoms with Gasteiger partial charge >= 0.3 is 0 Å². The maximum atomic E-state index is 12.5. The number of hydrogen-bond donors (Lipinski definition) is 1. The zero-order valence-electron chi connectivity index (χ0n) is 14.3. The first-order valence-electron chi connectivity index (χ1n) is 8.06. The number of imidazole rings is 1. The topological polar surface area (TPSA) is 64.0 Å². The van der Waals surface area contributed by atoms with E-state index in [4.69, 9.17) is 0 Å².